The zero-order valence-corrected chi connectivity index (χ0v) is 10.9. The first kappa shape index (κ1) is 13.5. The Morgan fingerprint density at radius 2 is 2.12 bits per heavy atom. The molecule has 4 heteroatoms. The van der Waals surface area contributed by atoms with Crippen LogP contribution in [-0.2, 0) is 0 Å². The second-order valence-corrected chi connectivity index (χ2v) is 5.09. The summed E-state index contributed by atoms with van der Waals surface area (Å²) in [6.45, 7) is 8.57. The number of pyridine rings is 1. The molecule has 0 aliphatic carbocycles. The Morgan fingerprint density at radius 1 is 1.47 bits per heavy atom. The SMILES string of the molecule is CCC(C)(C)CNC(=O)c1c[nH]c(C)cc1=O. The summed E-state index contributed by atoms with van der Waals surface area (Å²) >= 11 is 0. The number of H-pyrrole nitrogens is 1. The van der Waals surface area contributed by atoms with Crippen molar-refractivity contribution in [3.8, 4) is 0 Å². The molecule has 1 aromatic rings. The fraction of sp³-hybridized carbons (Fsp3) is 0.538. The molecule has 0 saturated heterocycles. The van der Waals surface area contributed by atoms with Crippen molar-refractivity contribution in [3.05, 3.63) is 33.7 Å². The number of rotatable bonds is 4. The Labute approximate surface area is 101 Å². The third kappa shape index (κ3) is 3.73. The van der Waals surface area contributed by atoms with Crippen molar-refractivity contribution in [2.75, 3.05) is 6.54 Å². The maximum Gasteiger partial charge on any atom is 0.256 e. The van der Waals surface area contributed by atoms with Crippen LogP contribution in [0.5, 0.6) is 0 Å². The largest absolute Gasteiger partial charge is 0.364 e. The van der Waals surface area contributed by atoms with Crippen LogP contribution >= 0.6 is 0 Å². The molecular weight excluding hydrogens is 216 g/mol. The maximum atomic E-state index is 11.8. The van der Waals surface area contributed by atoms with Gasteiger partial charge in [0.1, 0.15) is 5.56 Å². The molecule has 0 atom stereocenters. The van der Waals surface area contributed by atoms with E-state index in [1.165, 1.54) is 12.3 Å². The van der Waals surface area contributed by atoms with E-state index in [-0.39, 0.29) is 22.3 Å². The molecule has 0 aliphatic heterocycles. The minimum Gasteiger partial charge on any atom is -0.364 e. The lowest BCUT2D eigenvalue weighted by Gasteiger charge is -2.22. The standard InChI is InChI=1S/C13H20N2O2/c1-5-13(3,4)8-15-12(17)10-7-14-9(2)6-11(10)16/h6-7H,5,8H2,1-4H3,(H,14,16)(H,15,17). The predicted octanol–water partition coefficient (Wildman–Crippen LogP) is 1.85. The van der Waals surface area contributed by atoms with Crippen LogP contribution in [0.2, 0.25) is 0 Å². The molecule has 2 N–H and O–H groups in total. The summed E-state index contributed by atoms with van der Waals surface area (Å²) in [5, 5.41) is 2.79. The van der Waals surface area contributed by atoms with Crippen molar-refractivity contribution in [2.45, 2.75) is 34.1 Å². The molecular formula is C13H20N2O2. The van der Waals surface area contributed by atoms with Gasteiger partial charge in [-0.25, -0.2) is 0 Å². The highest BCUT2D eigenvalue weighted by Gasteiger charge is 2.17. The minimum atomic E-state index is -0.312. The van der Waals surface area contributed by atoms with Crippen LogP contribution < -0.4 is 10.7 Å². The Hall–Kier alpha value is -1.58. The van der Waals surface area contributed by atoms with Crippen molar-refractivity contribution in [2.24, 2.45) is 5.41 Å². The molecule has 1 amide bonds. The van der Waals surface area contributed by atoms with Crippen molar-refractivity contribution < 1.29 is 4.79 Å². The molecule has 0 unspecified atom stereocenters. The van der Waals surface area contributed by atoms with Gasteiger partial charge >= 0.3 is 0 Å². The number of amides is 1. The molecule has 1 rings (SSSR count). The van der Waals surface area contributed by atoms with Gasteiger partial charge in [-0.05, 0) is 18.8 Å². The van der Waals surface area contributed by atoms with E-state index in [1.807, 2.05) is 0 Å². The summed E-state index contributed by atoms with van der Waals surface area (Å²) in [5.74, 6) is -0.312. The van der Waals surface area contributed by atoms with Gasteiger partial charge in [-0.1, -0.05) is 20.8 Å². The molecule has 4 nitrogen and oxygen atoms in total. The summed E-state index contributed by atoms with van der Waals surface area (Å²) in [6, 6.07) is 1.43. The lowest BCUT2D eigenvalue weighted by atomic mass is 9.90. The van der Waals surface area contributed by atoms with Crippen molar-refractivity contribution in [1.29, 1.82) is 0 Å². The van der Waals surface area contributed by atoms with E-state index in [4.69, 9.17) is 0 Å². The van der Waals surface area contributed by atoms with E-state index in [2.05, 4.69) is 31.1 Å². The number of nitrogens with one attached hydrogen (secondary N) is 2. The fourth-order valence-corrected chi connectivity index (χ4v) is 1.29. The molecule has 0 aliphatic rings. The Bertz CT molecular complexity index is 461. The average molecular weight is 236 g/mol. The van der Waals surface area contributed by atoms with Crippen LogP contribution in [0.4, 0.5) is 0 Å². The normalized spacial score (nSPS) is 11.3. The van der Waals surface area contributed by atoms with Crippen molar-refractivity contribution >= 4 is 5.91 Å². The Morgan fingerprint density at radius 3 is 2.65 bits per heavy atom. The number of hydrogen-bond acceptors (Lipinski definition) is 2. The maximum absolute atomic E-state index is 11.8. The van der Waals surface area contributed by atoms with Crippen molar-refractivity contribution in [3.63, 3.8) is 0 Å². The smallest absolute Gasteiger partial charge is 0.256 e. The topological polar surface area (TPSA) is 62.0 Å². The highest BCUT2D eigenvalue weighted by molar-refractivity contribution is 5.93. The first-order valence-electron chi connectivity index (χ1n) is 5.83. The number of carbonyl (C=O) groups excluding carboxylic acids is 1. The number of aryl methyl sites for hydroxylation is 1. The highest BCUT2D eigenvalue weighted by atomic mass is 16.2. The van der Waals surface area contributed by atoms with Crippen LogP contribution in [0.1, 0.15) is 43.2 Å². The van der Waals surface area contributed by atoms with Gasteiger partial charge < -0.3 is 10.3 Å². The molecule has 0 bridgehead atoms. The minimum absolute atomic E-state index is 0.0487. The molecule has 94 valence electrons. The van der Waals surface area contributed by atoms with Gasteiger partial charge in [0.2, 0.25) is 0 Å². The van der Waals surface area contributed by atoms with Crippen LogP contribution in [-0.4, -0.2) is 17.4 Å². The first-order valence-corrected chi connectivity index (χ1v) is 5.83. The van der Waals surface area contributed by atoms with E-state index >= 15 is 0 Å². The number of carbonyl (C=O) groups is 1. The third-order valence-corrected chi connectivity index (χ3v) is 2.99. The summed E-state index contributed by atoms with van der Waals surface area (Å²) in [6.07, 6.45) is 2.43. The third-order valence-electron chi connectivity index (χ3n) is 2.99. The molecule has 0 fully saturated rings. The van der Waals surface area contributed by atoms with Gasteiger partial charge in [-0.3, -0.25) is 9.59 Å². The summed E-state index contributed by atoms with van der Waals surface area (Å²) in [4.78, 5) is 26.3. The summed E-state index contributed by atoms with van der Waals surface area (Å²) in [7, 11) is 0. The van der Waals surface area contributed by atoms with Crippen LogP contribution in [0.3, 0.4) is 0 Å². The second kappa shape index (κ2) is 5.17. The van der Waals surface area contributed by atoms with Crippen LogP contribution in [0.15, 0.2) is 17.1 Å². The number of aromatic amines is 1. The van der Waals surface area contributed by atoms with Gasteiger partial charge in [0.15, 0.2) is 5.43 Å². The Kier molecular flexibility index (Phi) is 4.10. The van der Waals surface area contributed by atoms with Gasteiger partial charge in [-0.2, -0.15) is 0 Å². The summed E-state index contributed by atoms with van der Waals surface area (Å²) < 4.78 is 0. The van der Waals surface area contributed by atoms with Crippen LogP contribution in [0.25, 0.3) is 0 Å². The molecule has 17 heavy (non-hydrogen) atoms. The van der Waals surface area contributed by atoms with Gasteiger partial charge in [0.05, 0.1) is 0 Å². The van der Waals surface area contributed by atoms with E-state index < -0.39 is 0 Å². The monoisotopic (exact) mass is 236 g/mol. The molecule has 0 spiro atoms. The van der Waals surface area contributed by atoms with Gasteiger partial charge in [-0.15, -0.1) is 0 Å². The molecule has 0 aromatic carbocycles. The number of aromatic nitrogens is 1. The lowest BCUT2D eigenvalue weighted by Crippen LogP contribution is -2.35. The Balaban J connectivity index is 2.74. The lowest BCUT2D eigenvalue weighted by molar-refractivity contribution is 0.0934. The highest BCUT2D eigenvalue weighted by Crippen LogP contribution is 2.17. The van der Waals surface area contributed by atoms with E-state index in [0.29, 0.717) is 6.54 Å². The fourth-order valence-electron chi connectivity index (χ4n) is 1.29. The van der Waals surface area contributed by atoms with E-state index in [0.717, 1.165) is 12.1 Å². The molecule has 1 aromatic heterocycles. The zero-order valence-electron chi connectivity index (χ0n) is 10.9. The first-order chi connectivity index (χ1) is 7.85. The molecule has 0 saturated carbocycles. The second-order valence-electron chi connectivity index (χ2n) is 5.09. The van der Waals surface area contributed by atoms with Gasteiger partial charge in [0.25, 0.3) is 5.91 Å². The van der Waals surface area contributed by atoms with E-state index in [9.17, 15) is 9.59 Å². The van der Waals surface area contributed by atoms with Crippen LogP contribution in [0, 0.1) is 12.3 Å². The quantitative estimate of drug-likeness (QED) is 0.838. The number of hydrogen-bond donors (Lipinski definition) is 2. The zero-order chi connectivity index (χ0) is 13.1. The summed E-state index contributed by atoms with van der Waals surface area (Å²) in [5.41, 5.74) is 0.726. The van der Waals surface area contributed by atoms with E-state index in [1.54, 1.807) is 6.92 Å². The molecule has 1 heterocycles. The van der Waals surface area contributed by atoms with Gasteiger partial charge in [0, 0.05) is 24.5 Å². The predicted molar refractivity (Wildman–Crippen MR) is 68.2 cm³/mol. The average Bonchev–Trinajstić information content (AvgIpc) is 2.26. The molecule has 0 radical (unpaired) electrons. The van der Waals surface area contributed by atoms with Crippen molar-refractivity contribution in [1.82, 2.24) is 10.3 Å².